The Morgan fingerprint density at radius 2 is 1.84 bits per heavy atom. The van der Waals surface area contributed by atoms with Crippen molar-refractivity contribution in [3.05, 3.63) is 57.9 Å². The largest absolute Gasteiger partial charge is 0.453 e. The molecule has 1 aliphatic heterocycles. The van der Waals surface area contributed by atoms with Gasteiger partial charge in [0.05, 0.1) is 15.5 Å². The van der Waals surface area contributed by atoms with E-state index in [4.69, 9.17) is 4.74 Å². The zero-order chi connectivity index (χ0) is 22.0. The van der Waals surface area contributed by atoms with E-state index < -0.39 is 28.4 Å². The van der Waals surface area contributed by atoms with Gasteiger partial charge in [0, 0.05) is 18.7 Å². The minimum Gasteiger partial charge on any atom is -0.453 e. The average Bonchev–Trinajstić information content (AvgIpc) is 3.53. The highest BCUT2D eigenvalue weighted by Gasteiger charge is 2.27. The van der Waals surface area contributed by atoms with Crippen molar-refractivity contribution < 1.29 is 22.7 Å². The highest BCUT2D eigenvalue weighted by Crippen LogP contribution is 2.31. The molecule has 1 fully saturated rings. The third kappa shape index (κ3) is 4.62. The highest BCUT2D eigenvalue weighted by atomic mass is 32.2. The quantitative estimate of drug-likeness (QED) is 0.378. The van der Waals surface area contributed by atoms with Crippen molar-refractivity contribution in [2.45, 2.75) is 24.7 Å². The van der Waals surface area contributed by atoms with Crippen LogP contribution in [0.4, 0.5) is 0 Å². The number of aromatic nitrogens is 1. The van der Waals surface area contributed by atoms with E-state index in [0.29, 0.717) is 23.7 Å². The Morgan fingerprint density at radius 3 is 2.48 bits per heavy atom. The van der Waals surface area contributed by atoms with Crippen molar-refractivity contribution >= 4 is 44.4 Å². The zero-order valence-electron chi connectivity index (χ0n) is 16.7. The molecule has 3 aromatic rings. The Kier molecular flexibility index (Phi) is 6.33. The van der Waals surface area contributed by atoms with Gasteiger partial charge >= 0.3 is 5.97 Å². The summed E-state index contributed by atoms with van der Waals surface area (Å²) in [7, 11) is -3.53. The number of benzene rings is 1. The molecule has 0 amide bonds. The highest BCUT2D eigenvalue weighted by molar-refractivity contribution is 7.89. The van der Waals surface area contributed by atoms with Crippen LogP contribution in [0.25, 0.3) is 9.88 Å². The minimum absolute atomic E-state index is 0.157. The topological polar surface area (TPSA) is 93.6 Å². The second-order valence-electron chi connectivity index (χ2n) is 7.05. The van der Waals surface area contributed by atoms with Gasteiger partial charge in [0.1, 0.15) is 9.88 Å². The van der Waals surface area contributed by atoms with E-state index in [1.54, 1.807) is 6.92 Å². The molecule has 0 aliphatic carbocycles. The molecule has 2 aromatic heterocycles. The van der Waals surface area contributed by atoms with Gasteiger partial charge in [0.2, 0.25) is 10.0 Å². The monoisotopic (exact) mass is 476 g/mol. The van der Waals surface area contributed by atoms with Crippen molar-refractivity contribution in [2.24, 2.45) is 0 Å². The molecule has 3 heterocycles. The number of hydrogen-bond donors (Lipinski definition) is 0. The molecule has 0 unspecified atom stereocenters. The SMILES string of the molecule is Cc1nc(-c2cccs2)sc1C(=O)OCC(=O)c1ccc(S(=O)(=O)N2CCCC2)cc1. The number of aryl methyl sites for hydroxylation is 1. The van der Waals surface area contributed by atoms with Gasteiger partial charge < -0.3 is 4.74 Å². The van der Waals surface area contributed by atoms with Crippen LogP contribution >= 0.6 is 22.7 Å². The van der Waals surface area contributed by atoms with Crippen LogP contribution in [-0.4, -0.2) is 49.2 Å². The van der Waals surface area contributed by atoms with Gasteiger partial charge in [-0.15, -0.1) is 22.7 Å². The lowest BCUT2D eigenvalue weighted by Gasteiger charge is -2.15. The number of hydrogen-bond acceptors (Lipinski definition) is 8. The molecule has 0 bridgehead atoms. The fourth-order valence-electron chi connectivity index (χ4n) is 3.26. The molecule has 4 rings (SSSR count). The van der Waals surface area contributed by atoms with E-state index in [1.807, 2.05) is 17.5 Å². The number of thiazole rings is 1. The lowest BCUT2D eigenvalue weighted by Crippen LogP contribution is -2.27. The zero-order valence-corrected chi connectivity index (χ0v) is 19.2. The number of carbonyl (C=O) groups excluding carboxylic acids is 2. The first-order valence-corrected chi connectivity index (χ1v) is 12.8. The van der Waals surface area contributed by atoms with Crippen LogP contribution < -0.4 is 0 Å². The first-order valence-electron chi connectivity index (χ1n) is 9.68. The molecule has 0 atom stereocenters. The second kappa shape index (κ2) is 8.99. The molecule has 7 nitrogen and oxygen atoms in total. The van der Waals surface area contributed by atoms with Crippen molar-refractivity contribution in [1.82, 2.24) is 9.29 Å². The summed E-state index contributed by atoms with van der Waals surface area (Å²) in [5.41, 5.74) is 0.843. The molecule has 0 saturated carbocycles. The molecule has 1 aliphatic rings. The molecule has 0 radical (unpaired) electrons. The Morgan fingerprint density at radius 1 is 1.13 bits per heavy atom. The van der Waals surface area contributed by atoms with Gasteiger partial charge in [-0.1, -0.05) is 6.07 Å². The predicted molar refractivity (Wildman–Crippen MR) is 119 cm³/mol. The summed E-state index contributed by atoms with van der Waals surface area (Å²) in [6.45, 7) is 2.34. The summed E-state index contributed by atoms with van der Waals surface area (Å²) in [6.07, 6.45) is 1.71. The van der Waals surface area contributed by atoms with Gasteiger partial charge in [-0.25, -0.2) is 18.2 Å². The maximum Gasteiger partial charge on any atom is 0.350 e. The second-order valence-corrected chi connectivity index (χ2v) is 10.9. The van der Waals surface area contributed by atoms with E-state index in [0.717, 1.165) is 22.7 Å². The molecule has 162 valence electrons. The number of rotatable bonds is 7. The van der Waals surface area contributed by atoms with E-state index >= 15 is 0 Å². The summed E-state index contributed by atoms with van der Waals surface area (Å²) in [5.74, 6) is -1.00. The minimum atomic E-state index is -3.53. The number of esters is 1. The molecule has 0 N–H and O–H groups in total. The van der Waals surface area contributed by atoms with E-state index in [-0.39, 0.29) is 10.5 Å². The predicted octanol–water partition coefficient (Wildman–Crippen LogP) is 4.00. The Hall–Kier alpha value is -2.40. The van der Waals surface area contributed by atoms with Crippen LogP contribution in [0, 0.1) is 6.92 Å². The van der Waals surface area contributed by atoms with Gasteiger partial charge in [-0.05, 0) is 55.5 Å². The molecule has 10 heteroatoms. The number of Topliss-reactive ketones (excluding diaryl/α,β-unsaturated/α-hetero) is 1. The maximum absolute atomic E-state index is 12.6. The number of nitrogens with zero attached hydrogens (tertiary/aromatic N) is 2. The van der Waals surface area contributed by atoms with Gasteiger partial charge in [0.15, 0.2) is 12.4 Å². The van der Waals surface area contributed by atoms with Crippen LogP contribution in [0.15, 0.2) is 46.7 Å². The standard InChI is InChI=1S/C21H20N2O5S3/c1-14-19(30-20(22-14)18-5-4-12-29-18)21(25)28-13-17(24)15-6-8-16(9-7-15)31(26,27)23-10-2-3-11-23/h4-9,12H,2-3,10-11,13H2,1H3. The van der Waals surface area contributed by atoms with E-state index in [1.165, 1.54) is 51.2 Å². The molecule has 0 spiro atoms. The van der Waals surface area contributed by atoms with E-state index in [2.05, 4.69) is 4.98 Å². The lowest BCUT2D eigenvalue weighted by atomic mass is 10.1. The molecule has 31 heavy (non-hydrogen) atoms. The number of sulfonamides is 1. The molecule has 1 saturated heterocycles. The Labute approximate surface area is 188 Å². The van der Waals surface area contributed by atoms with Crippen molar-refractivity contribution in [1.29, 1.82) is 0 Å². The van der Waals surface area contributed by atoms with Crippen LogP contribution in [0.1, 0.15) is 38.6 Å². The summed E-state index contributed by atoms with van der Waals surface area (Å²) in [4.78, 5) is 30.8. The fraction of sp³-hybridized carbons (Fsp3) is 0.286. The third-order valence-corrected chi connectivity index (χ3v) is 9.02. The van der Waals surface area contributed by atoms with Gasteiger partial charge in [0.25, 0.3) is 0 Å². The summed E-state index contributed by atoms with van der Waals surface area (Å²) in [6, 6.07) is 9.58. The number of thiophene rings is 1. The average molecular weight is 477 g/mol. The lowest BCUT2D eigenvalue weighted by molar-refractivity contribution is 0.0478. The fourth-order valence-corrected chi connectivity index (χ4v) is 6.54. The molecular weight excluding hydrogens is 456 g/mol. The van der Waals surface area contributed by atoms with Crippen LogP contribution in [0.5, 0.6) is 0 Å². The Bertz CT molecular complexity index is 1190. The number of carbonyl (C=O) groups is 2. The van der Waals surface area contributed by atoms with Crippen LogP contribution in [0.2, 0.25) is 0 Å². The normalized spacial score (nSPS) is 14.6. The van der Waals surface area contributed by atoms with E-state index in [9.17, 15) is 18.0 Å². The first kappa shape index (κ1) is 21.8. The van der Waals surface area contributed by atoms with Crippen molar-refractivity contribution in [2.75, 3.05) is 19.7 Å². The molecular formula is C21H20N2O5S3. The summed E-state index contributed by atoms with van der Waals surface area (Å²) >= 11 is 2.76. The smallest absolute Gasteiger partial charge is 0.350 e. The Balaban J connectivity index is 1.39. The summed E-state index contributed by atoms with van der Waals surface area (Å²) in [5, 5.41) is 2.67. The first-order chi connectivity index (χ1) is 14.9. The van der Waals surface area contributed by atoms with Gasteiger partial charge in [-0.2, -0.15) is 4.31 Å². The third-order valence-electron chi connectivity index (χ3n) is 4.93. The van der Waals surface area contributed by atoms with Crippen LogP contribution in [0.3, 0.4) is 0 Å². The maximum atomic E-state index is 12.6. The molecule has 1 aromatic carbocycles. The van der Waals surface area contributed by atoms with Crippen LogP contribution in [-0.2, 0) is 14.8 Å². The summed E-state index contributed by atoms with van der Waals surface area (Å²) < 4.78 is 31.8. The van der Waals surface area contributed by atoms with Gasteiger partial charge in [-0.3, -0.25) is 4.79 Å². The number of ether oxygens (including phenoxy) is 1. The number of ketones is 1. The van der Waals surface area contributed by atoms with Crippen molar-refractivity contribution in [3.8, 4) is 9.88 Å². The van der Waals surface area contributed by atoms with Crippen molar-refractivity contribution in [3.63, 3.8) is 0 Å².